The summed E-state index contributed by atoms with van der Waals surface area (Å²) in [6.45, 7) is 7.84. The third kappa shape index (κ3) is 9.47. The molecule has 0 atom stereocenters. The number of ether oxygens (including phenoxy) is 1. The molecular formula is C33H50O. The molecule has 1 aliphatic carbocycles. The first kappa shape index (κ1) is 26.8. The molecule has 1 fully saturated rings. The topological polar surface area (TPSA) is 9.23 Å². The molecular weight excluding hydrogens is 412 g/mol. The van der Waals surface area contributed by atoms with E-state index < -0.39 is 0 Å². The van der Waals surface area contributed by atoms with Gasteiger partial charge in [-0.2, -0.15) is 0 Å². The van der Waals surface area contributed by atoms with Crippen LogP contribution in [0, 0.1) is 11.8 Å². The molecule has 1 aliphatic rings. The molecule has 1 heteroatoms. The van der Waals surface area contributed by atoms with Crippen LogP contribution >= 0.6 is 0 Å². The van der Waals surface area contributed by atoms with Crippen LogP contribution in [-0.4, -0.2) is 6.61 Å². The maximum atomic E-state index is 5.99. The molecule has 188 valence electrons. The zero-order valence-electron chi connectivity index (χ0n) is 22.4. The Hall–Kier alpha value is -1.76. The van der Waals surface area contributed by atoms with Gasteiger partial charge in [-0.25, -0.2) is 0 Å². The average molecular weight is 463 g/mol. The Bertz CT molecular complexity index is 765. The average Bonchev–Trinajstić information content (AvgIpc) is 2.86. The van der Waals surface area contributed by atoms with Gasteiger partial charge in [0.25, 0.3) is 0 Å². The molecule has 0 spiro atoms. The molecule has 0 aliphatic heterocycles. The van der Waals surface area contributed by atoms with Crippen molar-refractivity contribution >= 4 is 0 Å². The van der Waals surface area contributed by atoms with E-state index in [1.165, 1.54) is 100 Å². The van der Waals surface area contributed by atoms with Crippen LogP contribution in [0.3, 0.4) is 0 Å². The van der Waals surface area contributed by atoms with Crippen molar-refractivity contribution in [2.24, 2.45) is 11.8 Å². The van der Waals surface area contributed by atoms with Gasteiger partial charge in [0.15, 0.2) is 0 Å². The Morgan fingerprint density at radius 2 is 1.21 bits per heavy atom. The van der Waals surface area contributed by atoms with E-state index in [1.807, 2.05) is 0 Å². The van der Waals surface area contributed by atoms with Crippen LogP contribution in [0.2, 0.25) is 0 Å². The lowest BCUT2D eigenvalue weighted by atomic mass is 9.76. The van der Waals surface area contributed by atoms with E-state index in [0.717, 1.165) is 36.5 Å². The molecule has 0 radical (unpaired) electrons. The molecule has 1 saturated carbocycles. The molecule has 0 amide bonds. The van der Waals surface area contributed by atoms with Crippen LogP contribution in [0.5, 0.6) is 5.75 Å². The minimum absolute atomic E-state index is 0.759. The van der Waals surface area contributed by atoms with Gasteiger partial charge in [-0.15, -0.1) is 0 Å². The van der Waals surface area contributed by atoms with Gasteiger partial charge >= 0.3 is 0 Å². The van der Waals surface area contributed by atoms with Gasteiger partial charge in [-0.3, -0.25) is 0 Å². The summed E-state index contributed by atoms with van der Waals surface area (Å²) >= 11 is 0. The van der Waals surface area contributed by atoms with Crippen molar-refractivity contribution in [2.75, 3.05) is 6.61 Å². The molecule has 3 rings (SSSR count). The number of benzene rings is 2. The Morgan fingerprint density at radius 1 is 0.676 bits per heavy atom. The summed E-state index contributed by atoms with van der Waals surface area (Å²) in [6.07, 6.45) is 19.1. The summed E-state index contributed by atoms with van der Waals surface area (Å²) in [5.74, 6) is 3.55. The Morgan fingerprint density at radius 3 is 1.76 bits per heavy atom. The smallest absolute Gasteiger partial charge is 0.119 e. The lowest BCUT2D eigenvalue weighted by molar-refractivity contribution is 0.283. The van der Waals surface area contributed by atoms with E-state index in [2.05, 4.69) is 69.3 Å². The number of hydrogen-bond acceptors (Lipinski definition) is 1. The second kappa shape index (κ2) is 15.3. The highest BCUT2D eigenvalue weighted by atomic mass is 16.5. The number of rotatable bonds is 15. The molecule has 2 aromatic rings. The summed E-state index contributed by atoms with van der Waals surface area (Å²) in [4.78, 5) is 0. The summed E-state index contributed by atoms with van der Waals surface area (Å²) in [7, 11) is 0. The highest BCUT2D eigenvalue weighted by molar-refractivity contribution is 5.64. The zero-order chi connectivity index (χ0) is 24.0. The Balaban J connectivity index is 1.34. The van der Waals surface area contributed by atoms with E-state index in [-0.39, 0.29) is 0 Å². The molecule has 34 heavy (non-hydrogen) atoms. The van der Waals surface area contributed by atoms with Crippen LogP contribution in [0.15, 0.2) is 48.5 Å². The fraction of sp³-hybridized carbons (Fsp3) is 0.636. The van der Waals surface area contributed by atoms with E-state index in [1.54, 1.807) is 0 Å². The maximum absolute atomic E-state index is 5.99. The first-order chi connectivity index (χ1) is 16.7. The zero-order valence-corrected chi connectivity index (χ0v) is 22.4. The molecule has 0 saturated heterocycles. The molecule has 0 unspecified atom stereocenters. The lowest BCUT2D eigenvalue weighted by Gasteiger charge is -2.29. The monoisotopic (exact) mass is 462 g/mol. The second-order valence-corrected chi connectivity index (χ2v) is 11.2. The molecule has 0 aromatic heterocycles. The Labute approximate surface area is 210 Å². The van der Waals surface area contributed by atoms with Gasteiger partial charge < -0.3 is 4.74 Å². The van der Waals surface area contributed by atoms with E-state index in [4.69, 9.17) is 4.74 Å². The van der Waals surface area contributed by atoms with Crippen LogP contribution in [0.4, 0.5) is 0 Å². The highest BCUT2D eigenvalue weighted by Gasteiger charge is 2.22. The fourth-order valence-corrected chi connectivity index (χ4v) is 5.69. The standard InChI is InChI=1S/C33H50O/c1-4-5-6-7-8-9-10-11-12-25-34-33-23-21-32(22-24-33)31-19-17-30(18-20-31)29-15-13-28(14-16-29)26-27(2)3/h17-24,27-29H,4-16,25-26H2,1-3H3. The number of unbranched alkanes of at least 4 members (excludes halogenated alkanes) is 8. The van der Waals surface area contributed by atoms with Gasteiger partial charge in [-0.1, -0.05) is 109 Å². The van der Waals surface area contributed by atoms with Crippen LogP contribution in [-0.2, 0) is 0 Å². The first-order valence-electron chi connectivity index (χ1n) is 14.5. The Kier molecular flexibility index (Phi) is 12.1. The van der Waals surface area contributed by atoms with Crippen molar-refractivity contribution in [3.8, 4) is 16.9 Å². The third-order valence-electron chi connectivity index (χ3n) is 7.74. The molecule has 0 heterocycles. The third-order valence-corrected chi connectivity index (χ3v) is 7.74. The van der Waals surface area contributed by atoms with Gasteiger partial charge in [0.05, 0.1) is 6.61 Å². The van der Waals surface area contributed by atoms with Crippen molar-refractivity contribution in [3.05, 3.63) is 54.1 Å². The van der Waals surface area contributed by atoms with Crippen LogP contribution < -0.4 is 4.74 Å². The summed E-state index contributed by atoms with van der Waals surface area (Å²) in [6, 6.07) is 18.0. The normalized spacial score (nSPS) is 18.4. The predicted molar refractivity (Wildman–Crippen MR) is 149 cm³/mol. The summed E-state index contributed by atoms with van der Waals surface area (Å²) in [5, 5.41) is 0. The molecule has 0 bridgehead atoms. The minimum atomic E-state index is 0.759. The van der Waals surface area contributed by atoms with Crippen molar-refractivity contribution in [1.82, 2.24) is 0 Å². The van der Waals surface area contributed by atoms with Crippen molar-refractivity contribution < 1.29 is 4.74 Å². The first-order valence-corrected chi connectivity index (χ1v) is 14.5. The highest BCUT2D eigenvalue weighted by Crippen LogP contribution is 2.38. The fourth-order valence-electron chi connectivity index (χ4n) is 5.69. The van der Waals surface area contributed by atoms with Crippen molar-refractivity contribution in [3.63, 3.8) is 0 Å². The minimum Gasteiger partial charge on any atom is -0.494 e. The largest absolute Gasteiger partial charge is 0.494 e. The van der Waals surface area contributed by atoms with Crippen molar-refractivity contribution in [2.45, 2.75) is 117 Å². The van der Waals surface area contributed by atoms with E-state index in [0.29, 0.717) is 0 Å². The molecule has 1 nitrogen and oxygen atoms in total. The van der Waals surface area contributed by atoms with E-state index in [9.17, 15) is 0 Å². The van der Waals surface area contributed by atoms with Gasteiger partial charge in [-0.05, 0) is 85.1 Å². The summed E-state index contributed by atoms with van der Waals surface area (Å²) in [5.41, 5.74) is 4.12. The van der Waals surface area contributed by atoms with Crippen molar-refractivity contribution in [1.29, 1.82) is 0 Å². The van der Waals surface area contributed by atoms with Gasteiger partial charge in [0.1, 0.15) is 5.75 Å². The van der Waals surface area contributed by atoms with E-state index >= 15 is 0 Å². The number of hydrogen-bond donors (Lipinski definition) is 0. The lowest BCUT2D eigenvalue weighted by Crippen LogP contribution is -2.14. The summed E-state index contributed by atoms with van der Waals surface area (Å²) < 4.78 is 5.99. The quantitative estimate of drug-likeness (QED) is 0.239. The molecule has 2 aromatic carbocycles. The van der Waals surface area contributed by atoms with Gasteiger partial charge in [0, 0.05) is 0 Å². The van der Waals surface area contributed by atoms with Gasteiger partial charge in [0.2, 0.25) is 0 Å². The maximum Gasteiger partial charge on any atom is 0.119 e. The van der Waals surface area contributed by atoms with Crippen LogP contribution in [0.1, 0.15) is 122 Å². The van der Waals surface area contributed by atoms with Crippen LogP contribution in [0.25, 0.3) is 11.1 Å². The predicted octanol–water partition coefficient (Wildman–Crippen LogP) is 10.6. The second-order valence-electron chi connectivity index (χ2n) is 11.2. The molecule has 0 N–H and O–H groups in total. The SMILES string of the molecule is CCCCCCCCCCCOc1ccc(-c2ccc(C3CCC(CC(C)C)CC3)cc2)cc1.